The van der Waals surface area contributed by atoms with Crippen molar-refractivity contribution < 1.29 is 17.9 Å². The zero-order valence-electron chi connectivity index (χ0n) is 12.4. The second kappa shape index (κ2) is 5.84. The quantitative estimate of drug-likeness (QED) is 0.718. The minimum Gasteiger partial charge on any atom is -0.496 e. The SMILES string of the molecule is COc1cc(-c2ccc(N)cc2-c2nnn[nH]2)ccc1C(F)(F)F. The first kappa shape index (κ1) is 15.8. The number of methoxy groups -OCH3 is 1. The van der Waals surface area contributed by atoms with Crippen molar-refractivity contribution in [2.75, 3.05) is 12.8 Å². The number of aromatic amines is 1. The predicted molar refractivity (Wildman–Crippen MR) is 81.0 cm³/mol. The molecule has 0 unspecified atom stereocenters. The molecule has 0 amide bonds. The highest BCUT2D eigenvalue weighted by atomic mass is 19.4. The van der Waals surface area contributed by atoms with Crippen LogP contribution in [0, 0.1) is 0 Å². The van der Waals surface area contributed by atoms with E-state index in [-0.39, 0.29) is 5.75 Å². The molecule has 0 radical (unpaired) electrons. The Labute approximate surface area is 134 Å². The predicted octanol–water partition coefficient (Wildman–Crippen LogP) is 3.14. The Bertz CT molecular complexity index is 862. The minimum absolute atomic E-state index is 0.265. The Hall–Kier alpha value is -3.10. The Morgan fingerprint density at radius 3 is 2.50 bits per heavy atom. The number of halogens is 3. The molecule has 6 nitrogen and oxygen atoms in total. The Balaban J connectivity index is 2.17. The van der Waals surface area contributed by atoms with Crippen molar-refractivity contribution in [1.82, 2.24) is 20.6 Å². The van der Waals surface area contributed by atoms with Gasteiger partial charge < -0.3 is 10.5 Å². The van der Waals surface area contributed by atoms with Crippen LogP contribution in [-0.4, -0.2) is 27.7 Å². The van der Waals surface area contributed by atoms with Crippen LogP contribution in [0.15, 0.2) is 36.4 Å². The van der Waals surface area contributed by atoms with Crippen LogP contribution >= 0.6 is 0 Å². The van der Waals surface area contributed by atoms with E-state index in [0.29, 0.717) is 28.2 Å². The number of aromatic nitrogens is 4. The van der Waals surface area contributed by atoms with Crippen molar-refractivity contribution in [2.45, 2.75) is 6.18 Å². The van der Waals surface area contributed by atoms with Gasteiger partial charge in [0.25, 0.3) is 0 Å². The number of nitrogen functional groups attached to an aromatic ring is 1. The number of benzene rings is 2. The highest BCUT2D eigenvalue weighted by molar-refractivity contribution is 5.83. The number of ether oxygens (including phenoxy) is 1. The fraction of sp³-hybridized carbons (Fsp3) is 0.133. The summed E-state index contributed by atoms with van der Waals surface area (Å²) in [5, 5.41) is 13.5. The topological polar surface area (TPSA) is 89.7 Å². The van der Waals surface area contributed by atoms with Gasteiger partial charge in [-0.05, 0) is 45.8 Å². The fourth-order valence-corrected chi connectivity index (χ4v) is 2.38. The molecule has 0 atom stereocenters. The lowest BCUT2D eigenvalue weighted by molar-refractivity contribution is -0.138. The standard InChI is InChI=1S/C15H12F3N5O/c1-24-13-6-8(2-5-12(13)15(16,17)18)10-4-3-9(19)7-11(10)14-20-22-23-21-14/h2-7H,19H2,1H3,(H,20,21,22,23). The smallest absolute Gasteiger partial charge is 0.419 e. The summed E-state index contributed by atoms with van der Waals surface area (Å²) in [7, 11) is 1.19. The monoisotopic (exact) mass is 335 g/mol. The molecule has 0 saturated carbocycles. The van der Waals surface area contributed by atoms with E-state index in [9.17, 15) is 13.2 Å². The molecule has 9 heteroatoms. The van der Waals surface area contributed by atoms with E-state index in [1.165, 1.54) is 19.2 Å². The summed E-state index contributed by atoms with van der Waals surface area (Å²) in [5.41, 5.74) is 7.14. The van der Waals surface area contributed by atoms with E-state index in [2.05, 4.69) is 20.6 Å². The molecule has 0 aliphatic carbocycles. The maximum atomic E-state index is 13.0. The van der Waals surface area contributed by atoms with Gasteiger partial charge >= 0.3 is 6.18 Å². The number of tetrazole rings is 1. The molecule has 0 bridgehead atoms. The molecule has 3 aromatic rings. The van der Waals surface area contributed by atoms with E-state index >= 15 is 0 Å². The van der Waals surface area contributed by atoms with E-state index in [1.54, 1.807) is 18.2 Å². The lowest BCUT2D eigenvalue weighted by atomic mass is 9.97. The summed E-state index contributed by atoms with van der Waals surface area (Å²) >= 11 is 0. The van der Waals surface area contributed by atoms with Gasteiger partial charge in [0.05, 0.1) is 12.7 Å². The number of rotatable bonds is 3. The summed E-state index contributed by atoms with van der Waals surface area (Å²) < 4.78 is 43.9. The van der Waals surface area contributed by atoms with Crippen LogP contribution in [0.1, 0.15) is 5.56 Å². The number of H-pyrrole nitrogens is 1. The molecule has 0 fully saturated rings. The van der Waals surface area contributed by atoms with Crippen molar-refractivity contribution in [3.05, 3.63) is 42.0 Å². The zero-order chi connectivity index (χ0) is 17.3. The summed E-state index contributed by atoms with van der Waals surface area (Å²) in [6.45, 7) is 0. The Kier molecular flexibility index (Phi) is 3.84. The van der Waals surface area contributed by atoms with Crippen LogP contribution in [0.3, 0.4) is 0 Å². The third-order valence-corrected chi connectivity index (χ3v) is 3.46. The first-order valence-electron chi connectivity index (χ1n) is 6.79. The van der Waals surface area contributed by atoms with Crippen LogP contribution in [0.5, 0.6) is 5.75 Å². The average molecular weight is 335 g/mol. The zero-order valence-corrected chi connectivity index (χ0v) is 12.4. The summed E-state index contributed by atoms with van der Waals surface area (Å²) in [5.74, 6) is 0.0923. The van der Waals surface area contributed by atoms with Crippen LogP contribution < -0.4 is 10.5 Å². The molecule has 1 heterocycles. The van der Waals surface area contributed by atoms with Crippen LogP contribution in [-0.2, 0) is 6.18 Å². The molecule has 3 N–H and O–H groups in total. The van der Waals surface area contributed by atoms with E-state index in [4.69, 9.17) is 10.5 Å². The van der Waals surface area contributed by atoms with Crippen molar-refractivity contribution in [3.63, 3.8) is 0 Å². The highest BCUT2D eigenvalue weighted by Gasteiger charge is 2.34. The molecule has 124 valence electrons. The van der Waals surface area contributed by atoms with Gasteiger partial charge in [0, 0.05) is 11.3 Å². The fourth-order valence-electron chi connectivity index (χ4n) is 2.38. The van der Waals surface area contributed by atoms with Crippen molar-refractivity contribution in [3.8, 4) is 28.3 Å². The van der Waals surface area contributed by atoms with Crippen LogP contribution in [0.2, 0.25) is 0 Å². The Morgan fingerprint density at radius 2 is 1.88 bits per heavy atom. The van der Waals surface area contributed by atoms with Crippen molar-refractivity contribution >= 4 is 5.69 Å². The normalized spacial score (nSPS) is 11.5. The number of hydrogen-bond acceptors (Lipinski definition) is 5. The molecule has 3 rings (SSSR count). The molecule has 24 heavy (non-hydrogen) atoms. The average Bonchev–Trinajstić information content (AvgIpc) is 3.07. The molecular formula is C15H12F3N5O. The van der Waals surface area contributed by atoms with E-state index in [1.807, 2.05) is 0 Å². The molecule has 0 saturated heterocycles. The summed E-state index contributed by atoms with van der Waals surface area (Å²) in [6, 6.07) is 8.64. The largest absolute Gasteiger partial charge is 0.496 e. The molecule has 0 spiro atoms. The van der Waals surface area contributed by atoms with Gasteiger partial charge in [0.1, 0.15) is 5.75 Å². The third-order valence-electron chi connectivity index (χ3n) is 3.46. The van der Waals surface area contributed by atoms with Gasteiger partial charge in [0.15, 0.2) is 5.82 Å². The van der Waals surface area contributed by atoms with Gasteiger partial charge in [-0.3, -0.25) is 0 Å². The lowest BCUT2D eigenvalue weighted by Crippen LogP contribution is -2.07. The van der Waals surface area contributed by atoms with E-state index < -0.39 is 11.7 Å². The minimum atomic E-state index is -4.50. The van der Waals surface area contributed by atoms with Gasteiger partial charge in [-0.15, -0.1) is 5.10 Å². The van der Waals surface area contributed by atoms with Crippen molar-refractivity contribution in [1.29, 1.82) is 0 Å². The number of nitrogens with two attached hydrogens (primary N) is 1. The van der Waals surface area contributed by atoms with Crippen LogP contribution in [0.4, 0.5) is 18.9 Å². The summed E-state index contributed by atoms with van der Waals surface area (Å²) in [4.78, 5) is 0. The first-order valence-corrected chi connectivity index (χ1v) is 6.79. The molecule has 2 aromatic carbocycles. The van der Waals surface area contributed by atoms with Gasteiger partial charge in [0.2, 0.25) is 0 Å². The number of anilines is 1. The third kappa shape index (κ3) is 2.87. The molecule has 1 aromatic heterocycles. The van der Waals surface area contributed by atoms with Crippen LogP contribution in [0.25, 0.3) is 22.5 Å². The maximum Gasteiger partial charge on any atom is 0.419 e. The van der Waals surface area contributed by atoms with E-state index in [0.717, 1.165) is 6.07 Å². The van der Waals surface area contributed by atoms with Crippen molar-refractivity contribution in [2.24, 2.45) is 0 Å². The summed E-state index contributed by atoms with van der Waals surface area (Å²) in [6.07, 6.45) is -4.50. The van der Waals surface area contributed by atoms with Gasteiger partial charge in [-0.2, -0.15) is 13.2 Å². The Morgan fingerprint density at radius 1 is 1.08 bits per heavy atom. The lowest BCUT2D eigenvalue weighted by Gasteiger charge is -2.14. The van der Waals surface area contributed by atoms with Gasteiger partial charge in [-0.25, -0.2) is 5.10 Å². The van der Waals surface area contributed by atoms with Gasteiger partial charge in [-0.1, -0.05) is 12.1 Å². The highest BCUT2D eigenvalue weighted by Crippen LogP contribution is 2.40. The second-order valence-corrected chi connectivity index (χ2v) is 4.97. The first-order chi connectivity index (χ1) is 11.4. The number of alkyl halides is 3. The number of hydrogen-bond donors (Lipinski definition) is 2. The molecular weight excluding hydrogens is 323 g/mol. The second-order valence-electron chi connectivity index (χ2n) is 4.97. The maximum absolute atomic E-state index is 13.0. The molecule has 0 aliphatic heterocycles. The number of nitrogens with zero attached hydrogens (tertiary/aromatic N) is 3. The molecule has 0 aliphatic rings. The number of nitrogens with one attached hydrogen (secondary N) is 1.